The van der Waals surface area contributed by atoms with Gasteiger partial charge in [0, 0.05) is 6.42 Å². The summed E-state index contributed by atoms with van der Waals surface area (Å²) in [6.45, 7) is 2.66. The molecule has 0 amide bonds. The van der Waals surface area contributed by atoms with E-state index in [0.717, 1.165) is 6.42 Å². The predicted octanol–water partition coefficient (Wildman–Crippen LogP) is 0.675. The normalized spacial score (nSPS) is 9.91. The lowest BCUT2D eigenvalue weighted by molar-refractivity contribution is -0.702. The molecule has 1 aromatic heterocycles. The first-order valence-corrected chi connectivity index (χ1v) is 3.46. The van der Waals surface area contributed by atoms with E-state index in [9.17, 15) is 4.79 Å². The van der Waals surface area contributed by atoms with E-state index in [1.165, 1.54) is 6.26 Å². The van der Waals surface area contributed by atoms with E-state index >= 15 is 0 Å². The van der Waals surface area contributed by atoms with Crippen LogP contribution in [-0.4, -0.2) is 11.1 Å². The zero-order chi connectivity index (χ0) is 8.27. The van der Waals surface area contributed by atoms with Crippen LogP contribution in [0.25, 0.3) is 0 Å². The van der Waals surface area contributed by atoms with Gasteiger partial charge in [0.25, 0.3) is 0 Å². The third-order valence-corrected chi connectivity index (χ3v) is 1.33. The van der Waals surface area contributed by atoms with Gasteiger partial charge in [0.15, 0.2) is 12.8 Å². The van der Waals surface area contributed by atoms with E-state index in [4.69, 9.17) is 9.52 Å². The minimum atomic E-state index is -1.02. The molecule has 1 N–H and O–H groups in total. The predicted molar refractivity (Wildman–Crippen MR) is 36.2 cm³/mol. The van der Waals surface area contributed by atoms with Crippen molar-refractivity contribution >= 4 is 5.97 Å². The fourth-order valence-electron chi connectivity index (χ4n) is 0.894. The highest BCUT2D eigenvalue weighted by atomic mass is 16.4. The zero-order valence-corrected chi connectivity index (χ0v) is 6.28. The van der Waals surface area contributed by atoms with Crippen LogP contribution in [0.5, 0.6) is 0 Å². The topological polar surface area (TPSA) is 54.3 Å². The van der Waals surface area contributed by atoms with E-state index in [2.05, 4.69) is 0 Å². The van der Waals surface area contributed by atoms with Crippen molar-refractivity contribution in [2.24, 2.45) is 0 Å². The molecule has 1 heterocycles. The summed E-state index contributed by atoms with van der Waals surface area (Å²) in [5.74, 6) is -1.03. The van der Waals surface area contributed by atoms with Crippen LogP contribution in [0.2, 0.25) is 0 Å². The number of aryl methyl sites for hydroxylation is 1. The lowest BCUT2D eigenvalue weighted by Gasteiger charge is -1.87. The van der Waals surface area contributed by atoms with Crippen LogP contribution in [0.4, 0.5) is 0 Å². The number of oxazole rings is 1. The van der Waals surface area contributed by atoms with E-state index in [0.29, 0.717) is 6.54 Å². The van der Waals surface area contributed by atoms with Crippen LogP contribution in [0.15, 0.2) is 16.9 Å². The third kappa shape index (κ3) is 1.58. The number of carboxylic acid groups (broad SMARTS) is 1. The van der Waals surface area contributed by atoms with Crippen LogP contribution in [-0.2, 0) is 6.54 Å². The molecule has 0 aliphatic carbocycles. The number of rotatable bonds is 3. The summed E-state index contributed by atoms with van der Waals surface area (Å²) in [6.07, 6.45) is 3.89. The van der Waals surface area contributed by atoms with Crippen molar-refractivity contribution in [1.29, 1.82) is 0 Å². The van der Waals surface area contributed by atoms with Crippen molar-refractivity contribution in [2.45, 2.75) is 19.9 Å². The summed E-state index contributed by atoms with van der Waals surface area (Å²) >= 11 is 0. The summed E-state index contributed by atoms with van der Waals surface area (Å²) in [7, 11) is 0. The Kier molecular flexibility index (Phi) is 2.25. The molecule has 0 spiro atoms. The lowest BCUT2D eigenvalue weighted by Crippen LogP contribution is -2.37. The highest BCUT2D eigenvalue weighted by Crippen LogP contribution is 1.92. The molecular weight excluding hydrogens is 146 g/mol. The number of nitrogens with zero attached hydrogens (tertiary/aromatic N) is 1. The Morgan fingerprint density at radius 3 is 3.09 bits per heavy atom. The van der Waals surface area contributed by atoms with E-state index < -0.39 is 5.97 Å². The highest BCUT2D eigenvalue weighted by Gasteiger charge is 2.21. The average molecular weight is 156 g/mol. The van der Waals surface area contributed by atoms with E-state index in [1.807, 2.05) is 6.92 Å². The van der Waals surface area contributed by atoms with Gasteiger partial charge in [-0.25, -0.2) is 4.79 Å². The molecule has 0 saturated carbocycles. The lowest BCUT2D eigenvalue weighted by atomic mass is 10.4. The maximum absolute atomic E-state index is 10.4. The smallest absolute Gasteiger partial charge is 0.461 e. The maximum Gasteiger partial charge on any atom is 0.461 e. The molecule has 1 rings (SSSR count). The van der Waals surface area contributed by atoms with Gasteiger partial charge in [-0.05, 0) is 0 Å². The molecule has 0 saturated heterocycles. The van der Waals surface area contributed by atoms with Crippen LogP contribution in [0.1, 0.15) is 24.0 Å². The molecule has 0 fully saturated rings. The molecule has 0 bridgehead atoms. The standard InChI is InChI=1S/C7H9NO3/c1-2-3-8-4-5-11-6(8)7(9)10/h4-5H,2-3H2,1H3/p+1. The highest BCUT2D eigenvalue weighted by molar-refractivity contribution is 5.80. The Hall–Kier alpha value is -1.32. The van der Waals surface area contributed by atoms with Crippen molar-refractivity contribution in [1.82, 2.24) is 0 Å². The molecule has 0 aromatic carbocycles. The number of carboxylic acids is 1. The number of carbonyl (C=O) groups is 1. The molecule has 4 nitrogen and oxygen atoms in total. The molecule has 0 atom stereocenters. The summed E-state index contributed by atoms with van der Waals surface area (Å²) < 4.78 is 6.31. The summed E-state index contributed by atoms with van der Waals surface area (Å²) in [5.41, 5.74) is 0. The molecule has 60 valence electrons. The molecule has 0 aliphatic heterocycles. The SMILES string of the molecule is CCC[n+]1ccoc1C(=O)O. The average Bonchev–Trinajstić information content (AvgIpc) is 2.36. The number of hydrogen-bond acceptors (Lipinski definition) is 2. The van der Waals surface area contributed by atoms with Gasteiger partial charge in [-0.2, -0.15) is 4.57 Å². The van der Waals surface area contributed by atoms with Crippen LogP contribution >= 0.6 is 0 Å². The first-order valence-electron chi connectivity index (χ1n) is 3.46. The number of hydrogen-bond donors (Lipinski definition) is 1. The molecule has 4 heteroatoms. The monoisotopic (exact) mass is 156 g/mol. The summed E-state index contributed by atoms with van der Waals surface area (Å²) in [5, 5.41) is 8.57. The fourth-order valence-corrected chi connectivity index (χ4v) is 0.894. The van der Waals surface area contributed by atoms with Gasteiger partial charge in [0.1, 0.15) is 0 Å². The van der Waals surface area contributed by atoms with Gasteiger partial charge in [0.05, 0.1) is 0 Å². The van der Waals surface area contributed by atoms with Crippen molar-refractivity contribution in [3.63, 3.8) is 0 Å². The molecule has 0 unspecified atom stereocenters. The first kappa shape index (κ1) is 7.78. The zero-order valence-electron chi connectivity index (χ0n) is 6.28. The van der Waals surface area contributed by atoms with Crippen LogP contribution in [0.3, 0.4) is 0 Å². The number of aromatic nitrogens is 1. The van der Waals surface area contributed by atoms with Crippen LogP contribution in [0, 0.1) is 0 Å². The van der Waals surface area contributed by atoms with Crippen molar-refractivity contribution in [3.8, 4) is 0 Å². The van der Waals surface area contributed by atoms with Gasteiger partial charge >= 0.3 is 11.9 Å². The van der Waals surface area contributed by atoms with Crippen molar-refractivity contribution in [3.05, 3.63) is 18.4 Å². The Bertz CT molecular complexity index is 254. The second-order valence-electron chi connectivity index (χ2n) is 2.21. The summed E-state index contributed by atoms with van der Waals surface area (Å²) in [6, 6.07) is 0. The quantitative estimate of drug-likeness (QED) is 0.654. The maximum atomic E-state index is 10.4. The minimum Gasteiger partial charge on any atom is -0.471 e. The molecule has 0 radical (unpaired) electrons. The van der Waals surface area contributed by atoms with Gasteiger partial charge in [-0.15, -0.1) is 0 Å². The second-order valence-corrected chi connectivity index (χ2v) is 2.21. The number of aromatic carboxylic acids is 1. The van der Waals surface area contributed by atoms with Gasteiger partial charge in [-0.1, -0.05) is 6.92 Å². The molecule has 1 aromatic rings. The van der Waals surface area contributed by atoms with Gasteiger partial charge in [0.2, 0.25) is 6.20 Å². The van der Waals surface area contributed by atoms with E-state index in [-0.39, 0.29) is 5.89 Å². The molecule has 11 heavy (non-hydrogen) atoms. The largest absolute Gasteiger partial charge is 0.471 e. The Labute approximate surface area is 64.1 Å². The first-order chi connectivity index (χ1) is 5.25. The molecular formula is C7H10NO3+. The Morgan fingerprint density at radius 2 is 2.55 bits per heavy atom. The van der Waals surface area contributed by atoms with Gasteiger partial charge in [-0.3, -0.25) is 0 Å². The summed E-state index contributed by atoms with van der Waals surface area (Å²) in [4.78, 5) is 10.4. The van der Waals surface area contributed by atoms with Crippen molar-refractivity contribution in [2.75, 3.05) is 0 Å². The van der Waals surface area contributed by atoms with Crippen molar-refractivity contribution < 1.29 is 18.9 Å². The Balaban J connectivity index is 2.87. The Morgan fingerprint density at radius 1 is 1.82 bits per heavy atom. The second kappa shape index (κ2) is 3.18. The third-order valence-electron chi connectivity index (χ3n) is 1.33. The molecule has 0 aliphatic rings. The minimum absolute atomic E-state index is 0.00755. The fraction of sp³-hybridized carbons (Fsp3) is 0.429. The van der Waals surface area contributed by atoms with E-state index in [1.54, 1.807) is 10.8 Å². The van der Waals surface area contributed by atoms with Crippen LogP contribution < -0.4 is 4.57 Å². The van der Waals surface area contributed by atoms with Gasteiger partial charge < -0.3 is 9.52 Å².